The highest BCUT2D eigenvalue weighted by Gasteiger charge is 2.21. The second-order valence-electron chi connectivity index (χ2n) is 10.7. The van der Waals surface area contributed by atoms with Gasteiger partial charge < -0.3 is 10.3 Å². The predicted octanol–water partition coefficient (Wildman–Crippen LogP) is 6.66. The predicted molar refractivity (Wildman–Crippen MR) is 150 cm³/mol. The molecule has 0 aliphatic heterocycles. The van der Waals surface area contributed by atoms with Crippen LogP contribution in [0.4, 0.5) is 10.1 Å². The number of hydrogen-bond donors (Lipinski definition) is 3. The van der Waals surface area contributed by atoms with Crippen LogP contribution in [0.15, 0.2) is 67.3 Å². The minimum Gasteiger partial charge on any atom is -0.352 e. The highest BCUT2D eigenvalue weighted by atomic mass is 19.1. The second kappa shape index (κ2) is 9.13. The van der Waals surface area contributed by atoms with Gasteiger partial charge in [-0.3, -0.25) is 19.9 Å². The van der Waals surface area contributed by atoms with Crippen LogP contribution in [0.25, 0.3) is 55.7 Å². The van der Waals surface area contributed by atoms with Crippen LogP contribution in [0.3, 0.4) is 0 Å². The Morgan fingerprint density at radius 2 is 1.74 bits per heavy atom. The Morgan fingerprint density at radius 3 is 2.54 bits per heavy atom. The Labute approximate surface area is 223 Å². The number of H-pyrrole nitrogens is 2. The number of rotatable bonds is 4. The molecule has 1 amide bonds. The summed E-state index contributed by atoms with van der Waals surface area (Å²) in [5.41, 5.74) is 7.62. The molecular formula is C30H26FN7O. The lowest BCUT2D eigenvalue weighted by Gasteiger charge is -2.17. The fourth-order valence-corrected chi connectivity index (χ4v) is 4.52. The minimum atomic E-state index is -0.526. The van der Waals surface area contributed by atoms with Crippen LogP contribution in [0.5, 0.6) is 0 Å². The molecule has 0 saturated carbocycles. The summed E-state index contributed by atoms with van der Waals surface area (Å²) < 4.78 is 14.2. The highest BCUT2D eigenvalue weighted by molar-refractivity contribution is 6.00. The number of amides is 1. The highest BCUT2D eigenvalue weighted by Crippen LogP contribution is 2.34. The third-order valence-corrected chi connectivity index (χ3v) is 6.53. The first-order valence-corrected chi connectivity index (χ1v) is 12.5. The molecule has 3 N–H and O–H groups in total. The van der Waals surface area contributed by atoms with Gasteiger partial charge in [-0.25, -0.2) is 9.37 Å². The van der Waals surface area contributed by atoms with E-state index in [9.17, 15) is 9.18 Å². The zero-order chi connectivity index (χ0) is 27.3. The van der Waals surface area contributed by atoms with Gasteiger partial charge in [0, 0.05) is 34.3 Å². The van der Waals surface area contributed by atoms with Crippen molar-refractivity contribution in [2.75, 3.05) is 5.32 Å². The van der Waals surface area contributed by atoms with Crippen molar-refractivity contribution in [1.29, 1.82) is 0 Å². The van der Waals surface area contributed by atoms with E-state index in [2.05, 4.69) is 30.5 Å². The van der Waals surface area contributed by atoms with Gasteiger partial charge in [0.05, 0.1) is 40.5 Å². The van der Waals surface area contributed by atoms with Crippen molar-refractivity contribution in [1.82, 2.24) is 30.1 Å². The minimum absolute atomic E-state index is 0.0944. The van der Waals surface area contributed by atoms with E-state index in [0.717, 1.165) is 44.4 Å². The van der Waals surface area contributed by atoms with Crippen LogP contribution in [-0.4, -0.2) is 36.0 Å². The molecule has 5 aromatic heterocycles. The Hall–Kier alpha value is -4.92. The second-order valence-corrected chi connectivity index (χ2v) is 10.7. The molecular weight excluding hydrogens is 493 g/mol. The fourth-order valence-electron chi connectivity index (χ4n) is 4.52. The first kappa shape index (κ1) is 24.4. The van der Waals surface area contributed by atoms with E-state index in [1.54, 1.807) is 24.8 Å². The summed E-state index contributed by atoms with van der Waals surface area (Å²) in [6.45, 7) is 7.44. The largest absolute Gasteiger partial charge is 0.352 e. The number of anilines is 1. The molecule has 0 unspecified atom stereocenters. The van der Waals surface area contributed by atoms with Gasteiger partial charge in [-0.05, 0) is 54.4 Å². The molecule has 0 aliphatic rings. The Morgan fingerprint density at radius 1 is 0.923 bits per heavy atom. The molecule has 194 valence electrons. The average Bonchev–Trinajstić information content (AvgIpc) is 3.51. The Balaban J connectivity index is 1.41. The molecule has 8 nitrogen and oxygen atoms in total. The van der Waals surface area contributed by atoms with E-state index >= 15 is 0 Å². The van der Waals surface area contributed by atoms with Crippen molar-refractivity contribution in [3.05, 3.63) is 78.6 Å². The molecule has 0 spiro atoms. The number of benzene rings is 1. The molecule has 0 bridgehead atoms. The number of nitrogens with zero attached hydrogens (tertiary/aromatic N) is 4. The normalized spacial score (nSPS) is 11.8. The van der Waals surface area contributed by atoms with Gasteiger partial charge in [-0.2, -0.15) is 5.10 Å². The van der Waals surface area contributed by atoms with Crippen molar-refractivity contribution in [2.45, 2.75) is 27.7 Å². The molecule has 6 rings (SSSR count). The number of pyridine rings is 3. The van der Waals surface area contributed by atoms with Gasteiger partial charge in [0.1, 0.15) is 17.0 Å². The molecule has 0 radical (unpaired) electrons. The van der Waals surface area contributed by atoms with Crippen molar-refractivity contribution in [3.8, 4) is 33.8 Å². The fraction of sp³-hybridized carbons (Fsp3) is 0.167. The van der Waals surface area contributed by atoms with E-state index in [-0.39, 0.29) is 11.7 Å². The molecule has 0 aliphatic carbocycles. The number of carbonyl (C=O) groups is 1. The number of aryl methyl sites for hydroxylation is 1. The van der Waals surface area contributed by atoms with Gasteiger partial charge in [-0.15, -0.1) is 0 Å². The summed E-state index contributed by atoms with van der Waals surface area (Å²) in [5, 5.41) is 11.4. The molecule has 6 aromatic rings. The smallest absolute Gasteiger partial charge is 0.229 e. The van der Waals surface area contributed by atoms with Gasteiger partial charge in [0.2, 0.25) is 5.91 Å². The van der Waals surface area contributed by atoms with Crippen molar-refractivity contribution < 1.29 is 9.18 Å². The lowest BCUT2D eigenvalue weighted by Crippen LogP contribution is -2.27. The number of nitrogens with one attached hydrogen (secondary N) is 3. The zero-order valence-electron chi connectivity index (χ0n) is 21.9. The van der Waals surface area contributed by atoms with E-state index in [1.807, 2.05) is 58.0 Å². The summed E-state index contributed by atoms with van der Waals surface area (Å²) in [5.74, 6) is -0.382. The maximum Gasteiger partial charge on any atom is 0.229 e. The quantitative estimate of drug-likeness (QED) is 0.241. The van der Waals surface area contributed by atoms with Crippen molar-refractivity contribution >= 4 is 33.5 Å². The topological polar surface area (TPSA) is 112 Å². The maximum atomic E-state index is 14.2. The summed E-state index contributed by atoms with van der Waals surface area (Å²) in [4.78, 5) is 29.4. The number of carbonyl (C=O) groups excluding carboxylic acids is 1. The van der Waals surface area contributed by atoms with Crippen molar-refractivity contribution in [2.24, 2.45) is 5.41 Å². The zero-order valence-corrected chi connectivity index (χ0v) is 21.9. The summed E-state index contributed by atoms with van der Waals surface area (Å²) in [7, 11) is 0. The number of aromatic nitrogens is 6. The van der Waals surface area contributed by atoms with Gasteiger partial charge in [0.15, 0.2) is 0 Å². The molecule has 0 saturated heterocycles. The van der Waals surface area contributed by atoms with Crippen LogP contribution >= 0.6 is 0 Å². The van der Waals surface area contributed by atoms with Gasteiger partial charge in [-0.1, -0.05) is 26.8 Å². The summed E-state index contributed by atoms with van der Waals surface area (Å²) in [6.07, 6.45) is 6.81. The van der Waals surface area contributed by atoms with Crippen LogP contribution in [0.1, 0.15) is 26.3 Å². The molecule has 5 heterocycles. The lowest BCUT2D eigenvalue weighted by atomic mass is 9.95. The monoisotopic (exact) mass is 519 g/mol. The maximum absolute atomic E-state index is 14.2. The Bertz CT molecular complexity index is 1860. The number of fused-ring (bicyclic) bond motifs is 2. The average molecular weight is 520 g/mol. The standard InChI is InChI=1S/C30H26FN7O/c1-16-7-17(9-19(31)8-16)22-14-33-15-26-21(22)11-25(35-26)28-27-24(37-38-28)6-5-23(36-27)18-10-20(13-32-12-18)34-29(39)30(2,3)4/h5-15,35H,1-4H3,(H,34,39)(H,37,38). The van der Waals surface area contributed by atoms with Crippen LogP contribution in [0, 0.1) is 18.2 Å². The SMILES string of the molecule is Cc1cc(F)cc(-c2cncc3[nH]c(-c4n[nH]c5ccc(-c6cncc(NC(=O)C(C)(C)C)c6)nc45)cc23)c1. The lowest BCUT2D eigenvalue weighted by molar-refractivity contribution is -0.123. The number of halogens is 1. The van der Waals surface area contributed by atoms with E-state index in [0.29, 0.717) is 22.6 Å². The van der Waals surface area contributed by atoms with Gasteiger partial charge in [0.25, 0.3) is 0 Å². The summed E-state index contributed by atoms with van der Waals surface area (Å²) in [6, 6.07) is 12.6. The molecule has 39 heavy (non-hydrogen) atoms. The van der Waals surface area contributed by atoms with Crippen molar-refractivity contribution in [3.63, 3.8) is 0 Å². The van der Waals surface area contributed by atoms with E-state index in [1.165, 1.54) is 12.1 Å². The molecule has 9 heteroatoms. The van der Waals surface area contributed by atoms with E-state index < -0.39 is 5.41 Å². The van der Waals surface area contributed by atoms with Crippen LogP contribution < -0.4 is 5.32 Å². The first-order chi connectivity index (χ1) is 18.7. The third-order valence-electron chi connectivity index (χ3n) is 6.53. The Kier molecular flexibility index (Phi) is 5.71. The molecule has 0 atom stereocenters. The number of aromatic amines is 2. The molecule has 0 fully saturated rings. The van der Waals surface area contributed by atoms with Crippen LogP contribution in [-0.2, 0) is 4.79 Å². The van der Waals surface area contributed by atoms with Gasteiger partial charge >= 0.3 is 0 Å². The van der Waals surface area contributed by atoms with E-state index in [4.69, 9.17) is 4.98 Å². The number of hydrogen-bond acceptors (Lipinski definition) is 5. The summed E-state index contributed by atoms with van der Waals surface area (Å²) >= 11 is 0. The van der Waals surface area contributed by atoms with Crippen LogP contribution in [0.2, 0.25) is 0 Å². The molecule has 1 aromatic carbocycles. The third kappa shape index (κ3) is 4.63. The first-order valence-electron chi connectivity index (χ1n) is 12.5.